The average Bonchev–Trinajstić information content (AvgIpc) is 2.99. The molecule has 1 aromatic carbocycles. The Bertz CT molecular complexity index is 432. The molecule has 1 saturated carbocycles. The van der Waals surface area contributed by atoms with Crippen molar-refractivity contribution in [3.8, 4) is 0 Å². The molecule has 0 heterocycles. The standard InChI is InChI=1S/C10H11ClN2O3/c11-8-5-7(1-2-9(8)13(14)15)10(3-4-10)6-16-12/h1-2,5H,3-4,6,12H2. The van der Waals surface area contributed by atoms with E-state index in [1.54, 1.807) is 12.1 Å². The molecule has 1 aromatic rings. The van der Waals surface area contributed by atoms with Gasteiger partial charge in [0, 0.05) is 11.5 Å². The van der Waals surface area contributed by atoms with E-state index in [4.69, 9.17) is 17.5 Å². The Morgan fingerprint density at radius 1 is 1.56 bits per heavy atom. The highest BCUT2D eigenvalue weighted by Gasteiger charge is 2.45. The molecular weight excluding hydrogens is 232 g/mol. The third-order valence-electron chi connectivity index (χ3n) is 2.97. The van der Waals surface area contributed by atoms with Crippen LogP contribution < -0.4 is 5.90 Å². The van der Waals surface area contributed by atoms with Crippen LogP contribution in [0.2, 0.25) is 5.02 Å². The second-order valence-electron chi connectivity index (χ2n) is 4.01. The predicted octanol–water partition coefficient (Wildman–Crippen LogP) is 2.17. The van der Waals surface area contributed by atoms with Crippen LogP contribution >= 0.6 is 11.6 Å². The van der Waals surface area contributed by atoms with E-state index in [1.807, 2.05) is 0 Å². The summed E-state index contributed by atoms with van der Waals surface area (Å²) in [6.45, 7) is 0.418. The van der Waals surface area contributed by atoms with E-state index in [1.165, 1.54) is 6.07 Å². The molecule has 86 valence electrons. The molecule has 2 N–H and O–H groups in total. The van der Waals surface area contributed by atoms with E-state index < -0.39 is 4.92 Å². The van der Waals surface area contributed by atoms with E-state index in [9.17, 15) is 10.1 Å². The number of rotatable bonds is 4. The van der Waals surface area contributed by atoms with Gasteiger partial charge in [0.15, 0.2) is 0 Å². The number of hydrogen-bond acceptors (Lipinski definition) is 4. The van der Waals surface area contributed by atoms with E-state index in [0.717, 1.165) is 18.4 Å². The van der Waals surface area contributed by atoms with E-state index in [2.05, 4.69) is 4.84 Å². The van der Waals surface area contributed by atoms with Gasteiger partial charge in [0.05, 0.1) is 11.5 Å². The monoisotopic (exact) mass is 242 g/mol. The minimum atomic E-state index is -0.495. The van der Waals surface area contributed by atoms with Crippen molar-refractivity contribution in [2.24, 2.45) is 5.90 Å². The van der Waals surface area contributed by atoms with Crippen LogP contribution in [0.5, 0.6) is 0 Å². The average molecular weight is 243 g/mol. The van der Waals surface area contributed by atoms with Gasteiger partial charge in [0.1, 0.15) is 5.02 Å². The molecule has 0 aliphatic heterocycles. The fourth-order valence-electron chi connectivity index (χ4n) is 1.81. The van der Waals surface area contributed by atoms with E-state index in [0.29, 0.717) is 6.61 Å². The molecule has 0 unspecified atom stereocenters. The summed E-state index contributed by atoms with van der Waals surface area (Å²) in [5.41, 5.74) is 0.788. The van der Waals surface area contributed by atoms with Crippen LogP contribution in [0.1, 0.15) is 18.4 Å². The lowest BCUT2D eigenvalue weighted by Gasteiger charge is -2.13. The zero-order valence-electron chi connectivity index (χ0n) is 8.48. The molecule has 1 fully saturated rings. The number of nitro groups is 1. The Kier molecular flexibility index (Phi) is 2.84. The number of hydrogen-bond donors (Lipinski definition) is 1. The molecule has 1 aliphatic rings. The molecule has 5 nitrogen and oxygen atoms in total. The summed E-state index contributed by atoms with van der Waals surface area (Å²) >= 11 is 5.84. The summed E-state index contributed by atoms with van der Waals surface area (Å²) in [6, 6.07) is 4.77. The number of nitrogens with two attached hydrogens (primary N) is 1. The van der Waals surface area contributed by atoms with Crippen LogP contribution in [-0.4, -0.2) is 11.5 Å². The fourth-order valence-corrected chi connectivity index (χ4v) is 2.06. The van der Waals surface area contributed by atoms with Crippen molar-refractivity contribution in [2.45, 2.75) is 18.3 Å². The molecule has 6 heteroatoms. The highest BCUT2D eigenvalue weighted by Crippen LogP contribution is 2.49. The minimum Gasteiger partial charge on any atom is -0.304 e. The third kappa shape index (κ3) is 1.89. The van der Waals surface area contributed by atoms with Gasteiger partial charge in [-0.3, -0.25) is 10.1 Å². The molecule has 0 amide bonds. The van der Waals surface area contributed by atoms with Crippen LogP contribution in [0.4, 0.5) is 5.69 Å². The van der Waals surface area contributed by atoms with Gasteiger partial charge in [-0.2, -0.15) is 0 Å². The van der Waals surface area contributed by atoms with Crippen LogP contribution in [0, 0.1) is 10.1 Å². The van der Waals surface area contributed by atoms with Crippen LogP contribution in [0.25, 0.3) is 0 Å². The zero-order chi connectivity index (χ0) is 11.8. The summed E-state index contributed by atoms with van der Waals surface area (Å²) in [5, 5.41) is 10.8. The zero-order valence-corrected chi connectivity index (χ0v) is 9.24. The van der Waals surface area contributed by atoms with Crippen LogP contribution in [-0.2, 0) is 10.3 Å². The molecule has 0 radical (unpaired) electrons. The maximum Gasteiger partial charge on any atom is 0.287 e. The van der Waals surface area contributed by atoms with Gasteiger partial charge in [0.25, 0.3) is 5.69 Å². The van der Waals surface area contributed by atoms with Crippen molar-refractivity contribution < 1.29 is 9.76 Å². The SMILES string of the molecule is NOCC1(c2ccc([N+](=O)[O-])c(Cl)c2)CC1. The van der Waals surface area contributed by atoms with Gasteiger partial charge >= 0.3 is 0 Å². The first-order valence-electron chi connectivity index (χ1n) is 4.85. The number of nitro benzene ring substituents is 1. The van der Waals surface area contributed by atoms with Gasteiger partial charge in [-0.15, -0.1) is 0 Å². The highest BCUT2D eigenvalue weighted by atomic mass is 35.5. The lowest BCUT2D eigenvalue weighted by Crippen LogP contribution is -2.18. The second-order valence-corrected chi connectivity index (χ2v) is 4.42. The Morgan fingerprint density at radius 3 is 2.69 bits per heavy atom. The summed E-state index contributed by atoms with van der Waals surface area (Å²) in [6.07, 6.45) is 1.94. The van der Waals surface area contributed by atoms with Crippen molar-refractivity contribution in [3.05, 3.63) is 38.9 Å². The summed E-state index contributed by atoms with van der Waals surface area (Å²) in [4.78, 5) is 14.8. The first-order valence-corrected chi connectivity index (χ1v) is 5.23. The Labute approximate surface area is 97.2 Å². The van der Waals surface area contributed by atoms with Crippen molar-refractivity contribution in [3.63, 3.8) is 0 Å². The Balaban J connectivity index is 2.31. The molecule has 0 spiro atoms. The maximum atomic E-state index is 10.6. The van der Waals surface area contributed by atoms with Gasteiger partial charge in [-0.05, 0) is 24.5 Å². The Morgan fingerprint density at radius 2 is 2.25 bits per heavy atom. The van der Waals surface area contributed by atoms with Gasteiger partial charge < -0.3 is 4.84 Å². The number of benzene rings is 1. The molecule has 0 saturated heterocycles. The van der Waals surface area contributed by atoms with Gasteiger partial charge in [0.2, 0.25) is 0 Å². The lowest BCUT2D eigenvalue weighted by atomic mass is 9.97. The smallest absolute Gasteiger partial charge is 0.287 e. The highest BCUT2D eigenvalue weighted by molar-refractivity contribution is 6.32. The van der Waals surface area contributed by atoms with E-state index in [-0.39, 0.29) is 16.1 Å². The first kappa shape index (κ1) is 11.3. The van der Waals surface area contributed by atoms with Crippen LogP contribution in [0.15, 0.2) is 18.2 Å². The molecular formula is C10H11ClN2O3. The maximum absolute atomic E-state index is 10.6. The predicted molar refractivity (Wildman–Crippen MR) is 59.2 cm³/mol. The fraction of sp³-hybridized carbons (Fsp3) is 0.400. The first-order chi connectivity index (χ1) is 7.59. The summed E-state index contributed by atoms with van der Waals surface area (Å²) in [5.74, 6) is 5.07. The minimum absolute atomic E-state index is 0.0742. The molecule has 16 heavy (non-hydrogen) atoms. The molecule has 0 bridgehead atoms. The van der Waals surface area contributed by atoms with Gasteiger partial charge in [-0.1, -0.05) is 17.7 Å². The van der Waals surface area contributed by atoms with Crippen LogP contribution in [0.3, 0.4) is 0 Å². The molecule has 1 aliphatic carbocycles. The van der Waals surface area contributed by atoms with Gasteiger partial charge in [-0.25, -0.2) is 5.90 Å². The number of halogens is 1. The van der Waals surface area contributed by atoms with E-state index >= 15 is 0 Å². The van der Waals surface area contributed by atoms with Crippen molar-refractivity contribution in [2.75, 3.05) is 6.61 Å². The molecule has 0 aromatic heterocycles. The quantitative estimate of drug-likeness (QED) is 0.648. The largest absolute Gasteiger partial charge is 0.304 e. The normalized spacial score (nSPS) is 17.1. The summed E-state index contributed by atoms with van der Waals surface area (Å²) in [7, 11) is 0. The Hall–Kier alpha value is -1.17. The molecule has 0 atom stereocenters. The number of nitrogens with zero attached hydrogens (tertiary/aromatic N) is 1. The van der Waals surface area contributed by atoms with Crippen molar-refractivity contribution in [1.82, 2.24) is 0 Å². The lowest BCUT2D eigenvalue weighted by molar-refractivity contribution is -0.384. The second kappa shape index (κ2) is 4.01. The third-order valence-corrected chi connectivity index (χ3v) is 3.27. The van der Waals surface area contributed by atoms with Crippen molar-refractivity contribution >= 4 is 17.3 Å². The summed E-state index contributed by atoms with van der Waals surface area (Å²) < 4.78 is 0. The van der Waals surface area contributed by atoms with Crippen molar-refractivity contribution in [1.29, 1.82) is 0 Å². The molecule has 2 rings (SSSR count). The topological polar surface area (TPSA) is 78.4 Å².